The zero-order valence-electron chi connectivity index (χ0n) is 14.2. The number of nitrogens with one attached hydrogen (secondary N) is 1. The van der Waals surface area contributed by atoms with E-state index in [-0.39, 0.29) is 24.5 Å². The third-order valence-electron chi connectivity index (χ3n) is 4.24. The number of benzene rings is 1. The van der Waals surface area contributed by atoms with Crippen LogP contribution >= 0.6 is 0 Å². The molecule has 1 aliphatic heterocycles. The number of carbonyl (C=O) groups excluding carboxylic acids is 2. The van der Waals surface area contributed by atoms with Gasteiger partial charge in [0.15, 0.2) is 0 Å². The van der Waals surface area contributed by atoms with Crippen LogP contribution in [0, 0.1) is 0 Å². The molecule has 1 N–H and O–H groups in total. The second-order valence-electron chi connectivity index (χ2n) is 5.98. The van der Waals surface area contributed by atoms with Crippen LogP contribution in [0.3, 0.4) is 0 Å². The van der Waals surface area contributed by atoms with Gasteiger partial charge in [-0.05, 0) is 49.6 Å². The summed E-state index contributed by atoms with van der Waals surface area (Å²) in [6.45, 7) is 2.86. The number of nitrogens with zero attached hydrogens (tertiary/aromatic N) is 1. The highest BCUT2D eigenvalue weighted by molar-refractivity contribution is 5.89. The highest BCUT2D eigenvalue weighted by Gasteiger charge is 2.31. The van der Waals surface area contributed by atoms with Gasteiger partial charge in [-0.15, -0.1) is 0 Å². The van der Waals surface area contributed by atoms with E-state index in [1.807, 2.05) is 24.3 Å². The average Bonchev–Trinajstić information content (AvgIpc) is 3.28. The number of hydrogen-bond donors (Lipinski definition) is 1. The number of ether oxygens (including phenoxy) is 1. The molecule has 132 valence electrons. The Morgan fingerprint density at radius 2 is 2.08 bits per heavy atom. The molecule has 2 heterocycles. The molecule has 6 nitrogen and oxygen atoms in total. The first kappa shape index (κ1) is 17.1. The van der Waals surface area contributed by atoms with E-state index in [1.54, 1.807) is 30.2 Å². The summed E-state index contributed by atoms with van der Waals surface area (Å²) in [5, 5.41) is 2.91. The average molecular weight is 342 g/mol. The molecule has 1 aromatic heterocycles. The number of hydrogen-bond acceptors (Lipinski definition) is 4. The Hall–Kier alpha value is -2.76. The molecule has 0 bridgehead atoms. The number of likely N-dealkylation sites (tertiary alicyclic amines) is 1. The number of carbonyl (C=O) groups is 2. The molecular weight excluding hydrogens is 320 g/mol. The van der Waals surface area contributed by atoms with Crippen molar-refractivity contribution >= 4 is 17.7 Å². The number of anilines is 1. The Balaban J connectivity index is 1.60. The standard InChI is InChI=1S/C19H22N2O4/c1-2-24-18(22)13-14-7-9-15(10-8-14)20-19(23)21-11-3-5-16(21)17-6-4-12-25-17/h4,6-10,12,16H,2-3,5,11,13H2,1H3,(H,20,23)/t16-/m0/s1. The van der Waals surface area contributed by atoms with Crippen LogP contribution in [0.5, 0.6) is 0 Å². The molecule has 1 fully saturated rings. The molecule has 0 aliphatic carbocycles. The summed E-state index contributed by atoms with van der Waals surface area (Å²) in [7, 11) is 0. The van der Waals surface area contributed by atoms with Crippen molar-refractivity contribution in [2.45, 2.75) is 32.2 Å². The lowest BCUT2D eigenvalue weighted by Crippen LogP contribution is -2.34. The maximum Gasteiger partial charge on any atom is 0.322 e. The van der Waals surface area contributed by atoms with Crippen molar-refractivity contribution in [2.24, 2.45) is 0 Å². The second kappa shape index (κ2) is 7.88. The highest BCUT2D eigenvalue weighted by Crippen LogP contribution is 2.32. The van der Waals surface area contributed by atoms with E-state index in [9.17, 15) is 9.59 Å². The molecule has 0 radical (unpaired) electrons. The summed E-state index contributed by atoms with van der Waals surface area (Å²) in [5.74, 6) is 0.565. The van der Waals surface area contributed by atoms with Gasteiger partial charge in [0.2, 0.25) is 0 Å². The summed E-state index contributed by atoms with van der Waals surface area (Å²) in [5.41, 5.74) is 1.55. The van der Waals surface area contributed by atoms with Crippen molar-refractivity contribution in [1.82, 2.24) is 4.90 Å². The zero-order valence-corrected chi connectivity index (χ0v) is 14.2. The highest BCUT2D eigenvalue weighted by atomic mass is 16.5. The van der Waals surface area contributed by atoms with Crippen molar-refractivity contribution < 1.29 is 18.7 Å². The first-order valence-electron chi connectivity index (χ1n) is 8.53. The van der Waals surface area contributed by atoms with Gasteiger partial charge in [0.05, 0.1) is 25.3 Å². The maximum atomic E-state index is 12.6. The fourth-order valence-corrected chi connectivity index (χ4v) is 3.07. The van der Waals surface area contributed by atoms with E-state index in [0.717, 1.165) is 24.2 Å². The van der Waals surface area contributed by atoms with Gasteiger partial charge in [0.25, 0.3) is 0 Å². The molecule has 3 rings (SSSR count). The summed E-state index contributed by atoms with van der Waals surface area (Å²) < 4.78 is 10.4. The van der Waals surface area contributed by atoms with Crippen molar-refractivity contribution in [3.63, 3.8) is 0 Å². The fraction of sp³-hybridized carbons (Fsp3) is 0.368. The molecule has 0 unspecified atom stereocenters. The zero-order chi connectivity index (χ0) is 17.6. The van der Waals surface area contributed by atoms with Crippen LogP contribution in [0.4, 0.5) is 10.5 Å². The minimum absolute atomic E-state index is 0.0157. The van der Waals surface area contributed by atoms with Gasteiger partial charge in [0.1, 0.15) is 5.76 Å². The molecule has 1 aromatic carbocycles. The van der Waals surface area contributed by atoms with Crippen LogP contribution in [-0.2, 0) is 16.0 Å². The lowest BCUT2D eigenvalue weighted by molar-refractivity contribution is -0.142. The third kappa shape index (κ3) is 4.21. The summed E-state index contributed by atoms with van der Waals surface area (Å²) in [6, 6.07) is 10.8. The Bertz CT molecular complexity index is 710. The minimum Gasteiger partial charge on any atom is -0.467 e. The van der Waals surface area contributed by atoms with Crippen LogP contribution < -0.4 is 5.32 Å². The predicted octanol–water partition coefficient (Wildman–Crippen LogP) is 3.75. The largest absolute Gasteiger partial charge is 0.467 e. The molecule has 1 atom stereocenters. The summed E-state index contributed by atoms with van der Waals surface area (Å²) in [6.07, 6.45) is 3.72. The van der Waals surface area contributed by atoms with E-state index in [2.05, 4.69) is 5.32 Å². The van der Waals surface area contributed by atoms with Crippen LogP contribution in [-0.4, -0.2) is 30.1 Å². The normalized spacial score (nSPS) is 16.7. The lowest BCUT2D eigenvalue weighted by Gasteiger charge is -2.23. The lowest BCUT2D eigenvalue weighted by atomic mass is 10.1. The SMILES string of the molecule is CCOC(=O)Cc1ccc(NC(=O)N2CCC[C@H]2c2ccco2)cc1. The van der Waals surface area contributed by atoms with Crippen LogP contribution in [0.1, 0.15) is 37.1 Å². The third-order valence-corrected chi connectivity index (χ3v) is 4.24. The van der Waals surface area contributed by atoms with Gasteiger partial charge in [0, 0.05) is 12.2 Å². The molecule has 6 heteroatoms. The first-order chi connectivity index (χ1) is 12.2. The van der Waals surface area contributed by atoms with Crippen molar-refractivity contribution in [2.75, 3.05) is 18.5 Å². The Labute approximate surface area is 146 Å². The Morgan fingerprint density at radius 3 is 2.76 bits per heavy atom. The van der Waals surface area contributed by atoms with Crippen LogP contribution in [0.2, 0.25) is 0 Å². The van der Waals surface area contributed by atoms with E-state index < -0.39 is 0 Å². The quantitative estimate of drug-likeness (QED) is 0.840. The van der Waals surface area contributed by atoms with Gasteiger partial charge in [-0.25, -0.2) is 4.79 Å². The van der Waals surface area contributed by atoms with Crippen LogP contribution in [0.15, 0.2) is 47.1 Å². The van der Waals surface area contributed by atoms with E-state index in [0.29, 0.717) is 18.8 Å². The number of esters is 1. The molecule has 2 amide bonds. The number of urea groups is 1. The Morgan fingerprint density at radius 1 is 1.28 bits per heavy atom. The molecular formula is C19H22N2O4. The molecule has 25 heavy (non-hydrogen) atoms. The molecule has 0 spiro atoms. The summed E-state index contributed by atoms with van der Waals surface area (Å²) >= 11 is 0. The predicted molar refractivity (Wildman–Crippen MR) is 93.2 cm³/mol. The Kier molecular flexibility index (Phi) is 5.38. The molecule has 0 saturated carbocycles. The molecule has 1 saturated heterocycles. The van der Waals surface area contributed by atoms with E-state index in [1.165, 1.54) is 0 Å². The van der Waals surface area contributed by atoms with Crippen LogP contribution in [0.25, 0.3) is 0 Å². The van der Waals surface area contributed by atoms with Gasteiger partial charge in [-0.3, -0.25) is 4.79 Å². The smallest absolute Gasteiger partial charge is 0.322 e. The topological polar surface area (TPSA) is 71.8 Å². The molecule has 1 aliphatic rings. The van der Waals surface area contributed by atoms with Crippen molar-refractivity contribution in [3.8, 4) is 0 Å². The summed E-state index contributed by atoms with van der Waals surface area (Å²) in [4.78, 5) is 25.9. The van der Waals surface area contributed by atoms with E-state index >= 15 is 0 Å². The van der Waals surface area contributed by atoms with Gasteiger partial charge < -0.3 is 19.4 Å². The maximum absolute atomic E-state index is 12.6. The first-order valence-corrected chi connectivity index (χ1v) is 8.53. The van der Waals surface area contributed by atoms with Crippen molar-refractivity contribution in [3.05, 3.63) is 54.0 Å². The minimum atomic E-state index is -0.252. The van der Waals surface area contributed by atoms with Crippen molar-refractivity contribution in [1.29, 1.82) is 0 Å². The number of rotatable bonds is 5. The van der Waals surface area contributed by atoms with Gasteiger partial charge >= 0.3 is 12.0 Å². The number of furan rings is 1. The number of amides is 2. The fourth-order valence-electron chi connectivity index (χ4n) is 3.07. The monoisotopic (exact) mass is 342 g/mol. The van der Waals surface area contributed by atoms with Gasteiger partial charge in [-0.1, -0.05) is 12.1 Å². The second-order valence-corrected chi connectivity index (χ2v) is 5.98. The molecule has 2 aromatic rings. The van der Waals surface area contributed by atoms with E-state index in [4.69, 9.17) is 9.15 Å². The van der Waals surface area contributed by atoms with Gasteiger partial charge in [-0.2, -0.15) is 0 Å².